The van der Waals surface area contributed by atoms with E-state index in [9.17, 15) is 9.59 Å². The molecule has 0 aliphatic rings. The Morgan fingerprint density at radius 1 is 1.26 bits per heavy atom. The molecule has 1 amide bonds. The highest BCUT2D eigenvalue weighted by atomic mass is 16.2. The highest BCUT2D eigenvalue weighted by Gasteiger charge is 2.13. The number of carbonyl (C=O) groups is 1. The average Bonchev–Trinajstić information content (AvgIpc) is 2.63. The Kier molecular flexibility index (Phi) is 3.44. The minimum absolute atomic E-state index is 0.0391. The number of aryl methyl sites for hydroxylation is 2. The highest BCUT2D eigenvalue weighted by Crippen LogP contribution is 2.20. The number of aromatic nitrogens is 2. The molecule has 0 aliphatic carbocycles. The van der Waals surface area contributed by atoms with E-state index in [0.29, 0.717) is 13.0 Å². The van der Waals surface area contributed by atoms with E-state index in [2.05, 4.69) is 0 Å². The van der Waals surface area contributed by atoms with Crippen molar-refractivity contribution in [2.75, 3.05) is 18.5 Å². The number of hydrogen-bond acceptors (Lipinski definition) is 3. The largest absolute Gasteiger partial charge is 0.330 e. The molecule has 1 aromatic heterocycles. The van der Waals surface area contributed by atoms with Crippen LogP contribution in [0.15, 0.2) is 23.0 Å². The van der Waals surface area contributed by atoms with Crippen molar-refractivity contribution in [2.45, 2.75) is 6.42 Å². The molecule has 0 atom stereocenters. The van der Waals surface area contributed by atoms with Crippen LogP contribution < -0.4 is 16.3 Å². The number of imidazole rings is 1. The first kappa shape index (κ1) is 13.4. The van der Waals surface area contributed by atoms with E-state index in [1.54, 1.807) is 35.2 Å². The second-order valence-electron chi connectivity index (χ2n) is 4.57. The van der Waals surface area contributed by atoms with E-state index in [4.69, 9.17) is 5.73 Å². The summed E-state index contributed by atoms with van der Waals surface area (Å²) in [4.78, 5) is 25.2. The smallest absolute Gasteiger partial charge is 0.328 e. The molecule has 6 nitrogen and oxygen atoms in total. The van der Waals surface area contributed by atoms with Gasteiger partial charge in [-0.2, -0.15) is 0 Å². The molecule has 0 bridgehead atoms. The van der Waals surface area contributed by atoms with Gasteiger partial charge < -0.3 is 10.6 Å². The molecule has 0 saturated carbocycles. The third kappa shape index (κ3) is 2.15. The van der Waals surface area contributed by atoms with E-state index < -0.39 is 0 Å². The fourth-order valence-corrected chi connectivity index (χ4v) is 2.14. The summed E-state index contributed by atoms with van der Waals surface area (Å²) in [6, 6.07) is 5.51. The Hall–Kier alpha value is -2.08. The molecule has 19 heavy (non-hydrogen) atoms. The summed E-state index contributed by atoms with van der Waals surface area (Å²) in [6.07, 6.45) is 0.308. The molecule has 2 N–H and O–H groups in total. The standard InChI is InChI=1S/C13H18N4O2/c1-15(12(18)6-7-14)9-4-5-10-11(8-9)17(3)13(19)16(10)2/h4-5,8H,6-7,14H2,1-3H3. The van der Waals surface area contributed by atoms with Crippen LogP contribution >= 0.6 is 0 Å². The lowest BCUT2D eigenvalue weighted by Crippen LogP contribution is -2.28. The molecule has 6 heteroatoms. The maximum atomic E-state index is 11.8. The van der Waals surface area contributed by atoms with Crippen LogP contribution in [-0.2, 0) is 18.9 Å². The van der Waals surface area contributed by atoms with Crippen LogP contribution in [0.4, 0.5) is 5.69 Å². The SMILES string of the molecule is CN(C(=O)CCN)c1ccc2c(c1)n(C)c(=O)n2C. The summed E-state index contributed by atoms with van der Waals surface area (Å²) < 4.78 is 3.15. The molecule has 0 radical (unpaired) electrons. The Labute approximate surface area is 111 Å². The summed E-state index contributed by atoms with van der Waals surface area (Å²) in [6.45, 7) is 0.329. The molecule has 1 heterocycles. The van der Waals surface area contributed by atoms with Crippen molar-refractivity contribution in [1.29, 1.82) is 0 Å². The van der Waals surface area contributed by atoms with E-state index in [1.165, 1.54) is 0 Å². The maximum Gasteiger partial charge on any atom is 0.328 e. The second kappa shape index (κ2) is 4.89. The second-order valence-corrected chi connectivity index (χ2v) is 4.57. The number of rotatable bonds is 3. The fraction of sp³-hybridized carbons (Fsp3) is 0.385. The average molecular weight is 262 g/mol. The van der Waals surface area contributed by atoms with Crippen LogP contribution in [0.2, 0.25) is 0 Å². The number of fused-ring (bicyclic) bond motifs is 1. The molecule has 2 aromatic rings. The zero-order valence-electron chi connectivity index (χ0n) is 11.4. The third-order valence-corrected chi connectivity index (χ3v) is 3.38. The monoisotopic (exact) mass is 262 g/mol. The van der Waals surface area contributed by atoms with E-state index >= 15 is 0 Å². The first-order chi connectivity index (χ1) is 8.97. The lowest BCUT2D eigenvalue weighted by molar-refractivity contribution is -0.118. The van der Waals surface area contributed by atoms with Gasteiger partial charge in [0.05, 0.1) is 11.0 Å². The maximum absolute atomic E-state index is 11.8. The van der Waals surface area contributed by atoms with E-state index in [0.717, 1.165) is 16.7 Å². The summed E-state index contributed by atoms with van der Waals surface area (Å²) in [5, 5.41) is 0. The van der Waals surface area contributed by atoms with Crippen LogP contribution in [0.5, 0.6) is 0 Å². The first-order valence-electron chi connectivity index (χ1n) is 6.09. The van der Waals surface area contributed by atoms with Crippen LogP contribution in [-0.4, -0.2) is 28.6 Å². The molecule has 0 spiro atoms. The molecule has 0 aliphatic heterocycles. The molecular formula is C13H18N4O2. The predicted octanol–water partition coefficient (Wildman–Crippen LogP) is 0.189. The quantitative estimate of drug-likeness (QED) is 0.858. The van der Waals surface area contributed by atoms with Crippen LogP contribution in [0, 0.1) is 0 Å². The minimum atomic E-state index is -0.0805. The highest BCUT2D eigenvalue weighted by molar-refractivity contribution is 5.95. The van der Waals surface area contributed by atoms with Crippen molar-refractivity contribution in [3.8, 4) is 0 Å². The van der Waals surface area contributed by atoms with Crippen molar-refractivity contribution < 1.29 is 4.79 Å². The van der Waals surface area contributed by atoms with Gasteiger partial charge in [-0.25, -0.2) is 4.79 Å². The number of nitrogens with zero attached hydrogens (tertiary/aromatic N) is 3. The van der Waals surface area contributed by atoms with E-state index in [1.807, 2.05) is 18.2 Å². The van der Waals surface area contributed by atoms with Gasteiger partial charge in [-0.1, -0.05) is 0 Å². The molecule has 102 valence electrons. The van der Waals surface area contributed by atoms with Crippen LogP contribution in [0.25, 0.3) is 11.0 Å². The first-order valence-corrected chi connectivity index (χ1v) is 6.09. The molecule has 2 rings (SSSR count). The van der Waals surface area contributed by atoms with Gasteiger partial charge in [-0.15, -0.1) is 0 Å². The number of hydrogen-bond donors (Lipinski definition) is 1. The number of nitrogens with two attached hydrogens (primary N) is 1. The Balaban J connectivity index is 2.50. The van der Waals surface area contributed by atoms with Gasteiger partial charge in [0.2, 0.25) is 5.91 Å². The van der Waals surface area contributed by atoms with Crippen molar-refractivity contribution in [3.05, 3.63) is 28.7 Å². The van der Waals surface area contributed by atoms with Crippen molar-refractivity contribution in [3.63, 3.8) is 0 Å². The van der Waals surface area contributed by atoms with Gasteiger partial charge in [0.1, 0.15) is 0 Å². The predicted molar refractivity (Wildman–Crippen MR) is 75.2 cm³/mol. The van der Waals surface area contributed by atoms with Gasteiger partial charge in [0.25, 0.3) is 0 Å². The summed E-state index contributed by atoms with van der Waals surface area (Å²) >= 11 is 0. The third-order valence-electron chi connectivity index (χ3n) is 3.38. The molecule has 0 unspecified atom stereocenters. The van der Waals surface area contributed by atoms with Gasteiger partial charge in [-0.05, 0) is 18.2 Å². The summed E-state index contributed by atoms with van der Waals surface area (Å²) in [7, 11) is 5.16. The topological polar surface area (TPSA) is 73.3 Å². The lowest BCUT2D eigenvalue weighted by Gasteiger charge is -2.17. The minimum Gasteiger partial charge on any atom is -0.330 e. The lowest BCUT2D eigenvalue weighted by atomic mass is 10.2. The molecule has 1 aromatic carbocycles. The van der Waals surface area contributed by atoms with Crippen LogP contribution in [0.1, 0.15) is 6.42 Å². The van der Waals surface area contributed by atoms with Crippen molar-refractivity contribution in [2.24, 2.45) is 19.8 Å². The van der Waals surface area contributed by atoms with Gasteiger partial charge in [0, 0.05) is 39.8 Å². The normalized spacial score (nSPS) is 10.9. The summed E-state index contributed by atoms with van der Waals surface area (Å²) in [5.41, 5.74) is 7.71. The Bertz CT molecular complexity index is 684. The summed E-state index contributed by atoms with van der Waals surface area (Å²) in [5.74, 6) is -0.0391. The van der Waals surface area contributed by atoms with E-state index in [-0.39, 0.29) is 11.6 Å². The Morgan fingerprint density at radius 2 is 1.89 bits per heavy atom. The van der Waals surface area contributed by atoms with Crippen LogP contribution in [0.3, 0.4) is 0 Å². The van der Waals surface area contributed by atoms with Gasteiger partial charge in [0.15, 0.2) is 0 Å². The van der Waals surface area contributed by atoms with Crippen molar-refractivity contribution in [1.82, 2.24) is 9.13 Å². The van der Waals surface area contributed by atoms with Gasteiger partial charge in [-0.3, -0.25) is 13.9 Å². The zero-order valence-corrected chi connectivity index (χ0v) is 11.4. The molecule has 0 fully saturated rings. The zero-order chi connectivity index (χ0) is 14.2. The molecule has 0 saturated heterocycles. The molecular weight excluding hydrogens is 244 g/mol. The number of anilines is 1. The van der Waals surface area contributed by atoms with Crippen molar-refractivity contribution >= 4 is 22.6 Å². The number of benzene rings is 1. The fourth-order valence-electron chi connectivity index (χ4n) is 2.14. The van der Waals surface area contributed by atoms with Gasteiger partial charge >= 0.3 is 5.69 Å². The Morgan fingerprint density at radius 3 is 2.53 bits per heavy atom. The number of amides is 1. The number of carbonyl (C=O) groups excluding carboxylic acids is 1.